The van der Waals surface area contributed by atoms with E-state index in [1.165, 1.54) is 6.07 Å². The maximum Gasteiger partial charge on any atom is 0.433 e. The maximum absolute atomic E-state index is 14.0. The second-order valence-electron chi connectivity index (χ2n) is 9.60. The summed E-state index contributed by atoms with van der Waals surface area (Å²) in [5, 5.41) is 15.9. The predicted octanol–water partition coefficient (Wildman–Crippen LogP) is 5.16. The molecule has 0 radical (unpaired) electrons. The second-order valence-corrected chi connectivity index (χ2v) is 9.60. The summed E-state index contributed by atoms with van der Waals surface area (Å²) in [6, 6.07) is 3.35. The Morgan fingerprint density at radius 2 is 1.75 bits per heavy atom. The van der Waals surface area contributed by atoms with E-state index in [-0.39, 0.29) is 23.2 Å². The van der Waals surface area contributed by atoms with E-state index >= 15 is 0 Å². The molecule has 190 valence electrons. The zero-order valence-electron chi connectivity index (χ0n) is 18.8. The van der Waals surface area contributed by atoms with E-state index in [0.29, 0.717) is 42.8 Å². The van der Waals surface area contributed by atoms with Crippen LogP contribution in [0.5, 0.6) is 5.75 Å². The number of benzene rings is 1. The molecule has 7 nitrogen and oxygen atoms in total. The number of nitrogens with zero attached hydrogens (tertiary/aromatic N) is 3. The standard InChI is InChI=1S/C24H21F5N4O3/c25-15-10-17(34)16(26)9-14(15)20(35)31-12-22-3-6-23(7-4-22,8-5-22)21-32-19(33-36-21)13-1-2-18(30-11-13)24(27,28)29/h1-2,9-11,34H,3-8,12H2,(H,31,35)/t22-,23+. The summed E-state index contributed by atoms with van der Waals surface area (Å²) in [5.41, 5.74) is -1.73. The van der Waals surface area contributed by atoms with Crippen LogP contribution in [0.2, 0.25) is 0 Å². The zero-order chi connectivity index (χ0) is 25.7. The van der Waals surface area contributed by atoms with Crippen LogP contribution in [0, 0.1) is 17.0 Å². The molecule has 1 amide bonds. The van der Waals surface area contributed by atoms with Crippen molar-refractivity contribution in [3.05, 3.63) is 59.2 Å². The van der Waals surface area contributed by atoms with E-state index in [1.807, 2.05) is 0 Å². The summed E-state index contributed by atoms with van der Waals surface area (Å²) in [6.45, 7) is 0.288. The molecule has 3 fully saturated rings. The van der Waals surface area contributed by atoms with Crippen molar-refractivity contribution in [2.75, 3.05) is 6.54 Å². The molecular weight excluding hydrogens is 487 g/mol. The van der Waals surface area contributed by atoms with Crippen molar-refractivity contribution in [3.8, 4) is 17.1 Å². The van der Waals surface area contributed by atoms with E-state index in [0.717, 1.165) is 31.5 Å². The summed E-state index contributed by atoms with van der Waals surface area (Å²) < 4.78 is 71.4. The third-order valence-corrected chi connectivity index (χ3v) is 7.50. The summed E-state index contributed by atoms with van der Waals surface area (Å²) >= 11 is 0. The van der Waals surface area contributed by atoms with Crippen molar-refractivity contribution in [2.24, 2.45) is 5.41 Å². The number of fused-ring (bicyclic) bond motifs is 3. The van der Waals surface area contributed by atoms with Gasteiger partial charge in [0.1, 0.15) is 11.5 Å². The molecule has 0 saturated heterocycles. The molecule has 3 aliphatic carbocycles. The molecule has 0 atom stereocenters. The summed E-state index contributed by atoms with van der Waals surface area (Å²) in [5.74, 6) is -3.11. The van der Waals surface area contributed by atoms with Crippen LogP contribution in [0.4, 0.5) is 22.0 Å². The highest BCUT2D eigenvalue weighted by Crippen LogP contribution is 2.57. The third-order valence-electron chi connectivity index (χ3n) is 7.50. The minimum Gasteiger partial charge on any atom is -0.505 e. The van der Waals surface area contributed by atoms with Gasteiger partial charge in [-0.2, -0.15) is 18.2 Å². The second kappa shape index (κ2) is 8.52. The number of phenolic OH excluding ortho intramolecular Hbond substituents is 1. The number of hydrogen-bond acceptors (Lipinski definition) is 6. The number of pyridine rings is 1. The molecule has 2 heterocycles. The minimum absolute atomic E-state index is 0.165. The molecule has 6 rings (SSSR count). The molecule has 12 heteroatoms. The van der Waals surface area contributed by atoms with E-state index < -0.39 is 40.7 Å². The van der Waals surface area contributed by atoms with E-state index in [1.54, 1.807) is 0 Å². The highest BCUT2D eigenvalue weighted by Gasteiger charge is 2.52. The lowest BCUT2D eigenvalue weighted by Gasteiger charge is -2.51. The van der Waals surface area contributed by atoms with Gasteiger partial charge in [0.2, 0.25) is 11.7 Å². The molecule has 0 unspecified atom stereocenters. The van der Waals surface area contributed by atoms with Gasteiger partial charge < -0.3 is 14.9 Å². The number of carbonyl (C=O) groups excluding carboxylic acids is 1. The first-order valence-electron chi connectivity index (χ1n) is 11.3. The molecule has 0 aliphatic heterocycles. The fraction of sp³-hybridized carbons (Fsp3) is 0.417. The molecule has 3 saturated carbocycles. The van der Waals surface area contributed by atoms with Gasteiger partial charge in [0, 0.05) is 29.8 Å². The van der Waals surface area contributed by atoms with Gasteiger partial charge in [0.15, 0.2) is 11.6 Å². The number of aromatic nitrogens is 3. The van der Waals surface area contributed by atoms with Crippen LogP contribution in [0.1, 0.15) is 60.5 Å². The fourth-order valence-electron chi connectivity index (χ4n) is 5.17. The molecular formula is C24H21F5N4O3. The van der Waals surface area contributed by atoms with Crippen LogP contribution in [0.25, 0.3) is 11.4 Å². The minimum atomic E-state index is -4.54. The Morgan fingerprint density at radius 1 is 1.06 bits per heavy atom. The van der Waals surface area contributed by atoms with Crippen molar-refractivity contribution in [3.63, 3.8) is 0 Å². The average molecular weight is 508 g/mol. The highest BCUT2D eigenvalue weighted by molar-refractivity contribution is 5.94. The number of halogens is 5. The molecule has 2 N–H and O–H groups in total. The van der Waals surface area contributed by atoms with Gasteiger partial charge in [0.05, 0.1) is 5.56 Å². The topological polar surface area (TPSA) is 101 Å². The molecule has 3 aromatic rings. The van der Waals surface area contributed by atoms with Crippen LogP contribution < -0.4 is 5.32 Å². The SMILES string of the molecule is O=C(NC[C@]12CC[C@](c3nc(-c4ccc(C(F)(F)F)nc4)no3)(CC1)CC2)c1cc(F)c(O)cc1F. The lowest BCUT2D eigenvalue weighted by molar-refractivity contribution is -0.141. The first-order valence-corrected chi connectivity index (χ1v) is 11.3. The largest absolute Gasteiger partial charge is 0.505 e. The maximum atomic E-state index is 14.0. The summed E-state index contributed by atoms with van der Waals surface area (Å²) in [7, 11) is 0. The average Bonchev–Trinajstić information content (AvgIpc) is 3.37. The zero-order valence-corrected chi connectivity index (χ0v) is 18.8. The normalized spacial score (nSPS) is 23.6. The van der Waals surface area contributed by atoms with Crippen LogP contribution in [-0.2, 0) is 11.6 Å². The monoisotopic (exact) mass is 508 g/mol. The van der Waals surface area contributed by atoms with Gasteiger partial charge in [-0.25, -0.2) is 8.78 Å². The van der Waals surface area contributed by atoms with Crippen LogP contribution in [-0.4, -0.2) is 32.7 Å². The smallest absolute Gasteiger partial charge is 0.433 e. The van der Waals surface area contributed by atoms with Crippen molar-refractivity contribution in [1.82, 2.24) is 20.4 Å². The van der Waals surface area contributed by atoms with E-state index in [4.69, 9.17) is 4.52 Å². The van der Waals surface area contributed by atoms with E-state index in [2.05, 4.69) is 20.4 Å². The lowest BCUT2D eigenvalue weighted by atomic mass is 9.53. The Hall–Kier alpha value is -3.57. The first kappa shape index (κ1) is 24.1. The fourth-order valence-corrected chi connectivity index (χ4v) is 5.17. The number of rotatable bonds is 5. The number of hydrogen-bond donors (Lipinski definition) is 2. The molecule has 36 heavy (non-hydrogen) atoms. The number of phenols is 1. The number of amides is 1. The lowest BCUT2D eigenvalue weighted by Crippen LogP contribution is -2.49. The number of carbonyl (C=O) groups is 1. The Balaban J connectivity index is 1.24. The van der Waals surface area contributed by atoms with Gasteiger partial charge >= 0.3 is 6.18 Å². The molecule has 2 aromatic heterocycles. The number of alkyl halides is 3. The summed E-state index contributed by atoms with van der Waals surface area (Å²) in [6.07, 6.45) is 0.851. The Bertz CT molecular complexity index is 1280. The van der Waals surface area contributed by atoms with Crippen molar-refractivity contribution < 1.29 is 36.4 Å². The Labute approximate surface area is 201 Å². The molecule has 2 bridgehead atoms. The Kier molecular flexibility index (Phi) is 5.72. The van der Waals surface area contributed by atoms with Crippen molar-refractivity contribution in [2.45, 2.75) is 50.1 Å². The van der Waals surface area contributed by atoms with Gasteiger partial charge in [-0.1, -0.05) is 5.16 Å². The number of nitrogens with one attached hydrogen (secondary N) is 1. The van der Waals surface area contributed by atoms with Gasteiger partial charge in [0.25, 0.3) is 5.91 Å². The van der Waals surface area contributed by atoms with Crippen LogP contribution in [0.15, 0.2) is 35.0 Å². The number of aromatic hydroxyl groups is 1. The van der Waals surface area contributed by atoms with Gasteiger partial charge in [-0.3, -0.25) is 9.78 Å². The van der Waals surface area contributed by atoms with Crippen LogP contribution >= 0.6 is 0 Å². The quantitative estimate of drug-likeness (QED) is 0.462. The van der Waals surface area contributed by atoms with Crippen LogP contribution in [0.3, 0.4) is 0 Å². The first-order chi connectivity index (χ1) is 17.0. The highest BCUT2D eigenvalue weighted by atomic mass is 19.4. The summed E-state index contributed by atoms with van der Waals surface area (Å²) in [4.78, 5) is 20.3. The van der Waals surface area contributed by atoms with Gasteiger partial charge in [-0.05, 0) is 62.1 Å². The Morgan fingerprint density at radius 3 is 2.36 bits per heavy atom. The van der Waals surface area contributed by atoms with Crippen molar-refractivity contribution >= 4 is 5.91 Å². The van der Waals surface area contributed by atoms with Gasteiger partial charge in [-0.15, -0.1) is 0 Å². The predicted molar refractivity (Wildman–Crippen MR) is 115 cm³/mol. The van der Waals surface area contributed by atoms with Crippen molar-refractivity contribution in [1.29, 1.82) is 0 Å². The molecule has 1 aromatic carbocycles. The molecule has 3 aliphatic rings. The third kappa shape index (κ3) is 4.28. The van der Waals surface area contributed by atoms with E-state index in [9.17, 15) is 31.9 Å². The molecule has 0 spiro atoms.